The largest absolute Gasteiger partial charge is 0.269 e. The standard InChI is InChI=1S/C17H13N3O2/c21-20(22)17-10-8-15(9-11-17)19-16(12-13-18-19)7-6-14-4-2-1-3-5-14/h1-13H/b7-6+. The molecule has 0 saturated heterocycles. The lowest BCUT2D eigenvalue weighted by atomic mass is 10.2. The molecule has 0 atom stereocenters. The zero-order chi connectivity index (χ0) is 15.4. The molecule has 0 amide bonds. The molecule has 0 saturated carbocycles. The van der Waals surface area contributed by atoms with Crippen LogP contribution in [0.2, 0.25) is 0 Å². The van der Waals surface area contributed by atoms with Gasteiger partial charge in [0.15, 0.2) is 0 Å². The SMILES string of the molecule is O=[N+]([O-])c1ccc(-n2nccc2/C=C/c2ccccc2)cc1. The van der Waals surface area contributed by atoms with Gasteiger partial charge in [-0.1, -0.05) is 36.4 Å². The summed E-state index contributed by atoms with van der Waals surface area (Å²) in [6, 6.07) is 18.2. The number of benzene rings is 2. The van der Waals surface area contributed by atoms with Crippen LogP contribution in [0.4, 0.5) is 5.69 Å². The topological polar surface area (TPSA) is 61.0 Å². The van der Waals surface area contributed by atoms with Crippen molar-refractivity contribution in [3.05, 3.63) is 88.2 Å². The third-order valence-electron chi connectivity index (χ3n) is 3.22. The minimum atomic E-state index is -0.414. The van der Waals surface area contributed by atoms with E-state index < -0.39 is 4.92 Å². The van der Waals surface area contributed by atoms with Crippen molar-refractivity contribution < 1.29 is 4.92 Å². The lowest BCUT2D eigenvalue weighted by Gasteiger charge is -2.04. The van der Waals surface area contributed by atoms with Crippen LogP contribution in [0.3, 0.4) is 0 Å². The molecule has 2 aromatic carbocycles. The van der Waals surface area contributed by atoms with Gasteiger partial charge in [-0.15, -0.1) is 0 Å². The molecule has 0 radical (unpaired) electrons. The molecule has 0 bridgehead atoms. The maximum absolute atomic E-state index is 10.7. The van der Waals surface area contributed by atoms with E-state index in [-0.39, 0.29) is 5.69 Å². The molecule has 0 spiro atoms. The van der Waals surface area contributed by atoms with Gasteiger partial charge < -0.3 is 0 Å². The molecule has 108 valence electrons. The van der Waals surface area contributed by atoms with E-state index in [1.807, 2.05) is 48.6 Å². The fourth-order valence-corrected chi connectivity index (χ4v) is 2.12. The molecule has 0 N–H and O–H groups in total. The van der Waals surface area contributed by atoms with Crippen LogP contribution in [0.1, 0.15) is 11.3 Å². The first-order chi connectivity index (χ1) is 10.7. The highest BCUT2D eigenvalue weighted by atomic mass is 16.6. The number of hydrogen-bond donors (Lipinski definition) is 0. The van der Waals surface area contributed by atoms with Crippen LogP contribution in [0.25, 0.3) is 17.8 Å². The highest BCUT2D eigenvalue weighted by Gasteiger charge is 2.07. The number of hydrogen-bond acceptors (Lipinski definition) is 3. The second-order valence-electron chi connectivity index (χ2n) is 4.69. The predicted molar refractivity (Wildman–Crippen MR) is 85.6 cm³/mol. The Balaban J connectivity index is 1.89. The Morgan fingerprint density at radius 1 is 0.955 bits per heavy atom. The van der Waals surface area contributed by atoms with Crippen molar-refractivity contribution in [3.8, 4) is 5.69 Å². The first-order valence-electron chi connectivity index (χ1n) is 6.76. The quantitative estimate of drug-likeness (QED) is 0.540. The van der Waals surface area contributed by atoms with Gasteiger partial charge in [-0.25, -0.2) is 4.68 Å². The number of non-ortho nitro benzene ring substituents is 1. The zero-order valence-electron chi connectivity index (χ0n) is 11.7. The van der Waals surface area contributed by atoms with Gasteiger partial charge in [-0.05, 0) is 29.8 Å². The number of nitro benzene ring substituents is 1. The molecular formula is C17H13N3O2. The first-order valence-corrected chi connectivity index (χ1v) is 6.76. The summed E-state index contributed by atoms with van der Waals surface area (Å²) in [5.74, 6) is 0. The Morgan fingerprint density at radius 2 is 1.68 bits per heavy atom. The molecule has 1 aromatic heterocycles. The second-order valence-corrected chi connectivity index (χ2v) is 4.69. The van der Waals surface area contributed by atoms with Crippen molar-refractivity contribution in [2.24, 2.45) is 0 Å². The Morgan fingerprint density at radius 3 is 2.36 bits per heavy atom. The Bertz CT molecular complexity index is 805. The zero-order valence-corrected chi connectivity index (χ0v) is 11.7. The van der Waals surface area contributed by atoms with E-state index in [2.05, 4.69) is 5.10 Å². The molecule has 3 aromatic rings. The van der Waals surface area contributed by atoms with Crippen LogP contribution in [-0.4, -0.2) is 14.7 Å². The normalized spacial score (nSPS) is 10.9. The Kier molecular flexibility index (Phi) is 3.78. The van der Waals surface area contributed by atoms with Crippen molar-refractivity contribution in [3.63, 3.8) is 0 Å². The van der Waals surface area contributed by atoms with Gasteiger partial charge in [0.1, 0.15) is 0 Å². The molecule has 0 aliphatic carbocycles. The van der Waals surface area contributed by atoms with Crippen LogP contribution >= 0.6 is 0 Å². The highest BCUT2D eigenvalue weighted by molar-refractivity contribution is 5.68. The van der Waals surface area contributed by atoms with Crippen LogP contribution < -0.4 is 0 Å². The molecule has 3 rings (SSSR count). The van der Waals surface area contributed by atoms with Gasteiger partial charge in [0.2, 0.25) is 0 Å². The van der Waals surface area contributed by atoms with Gasteiger partial charge in [0.05, 0.1) is 22.5 Å². The van der Waals surface area contributed by atoms with Gasteiger partial charge in [-0.3, -0.25) is 10.1 Å². The summed E-state index contributed by atoms with van der Waals surface area (Å²) in [4.78, 5) is 10.3. The third-order valence-corrected chi connectivity index (χ3v) is 3.22. The smallest absolute Gasteiger partial charge is 0.258 e. The maximum atomic E-state index is 10.7. The molecule has 5 heteroatoms. The number of nitrogens with zero attached hydrogens (tertiary/aromatic N) is 3. The minimum Gasteiger partial charge on any atom is -0.258 e. The molecule has 1 heterocycles. The van der Waals surface area contributed by atoms with Crippen LogP contribution in [-0.2, 0) is 0 Å². The third kappa shape index (κ3) is 2.93. The average molecular weight is 291 g/mol. The molecule has 22 heavy (non-hydrogen) atoms. The van der Waals surface area contributed by atoms with E-state index in [9.17, 15) is 10.1 Å². The van der Waals surface area contributed by atoms with Crippen LogP contribution in [0.5, 0.6) is 0 Å². The molecule has 5 nitrogen and oxygen atoms in total. The van der Waals surface area contributed by atoms with Crippen molar-refractivity contribution in [1.82, 2.24) is 9.78 Å². The van der Waals surface area contributed by atoms with E-state index in [0.717, 1.165) is 16.9 Å². The monoisotopic (exact) mass is 291 g/mol. The summed E-state index contributed by atoms with van der Waals surface area (Å²) in [6.45, 7) is 0. The van der Waals surface area contributed by atoms with Crippen molar-refractivity contribution in [2.75, 3.05) is 0 Å². The van der Waals surface area contributed by atoms with Crippen molar-refractivity contribution in [2.45, 2.75) is 0 Å². The van der Waals surface area contributed by atoms with E-state index in [1.165, 1.54) is 12.1 Å². The summed E-state index contributed by atoms with van der Waals surface area (Å²) < 4.78 is 1.74. The number of nitro groups is 1. The lowest BCUT2D eigenvalue weighted by Crippen LogP contribution is -1.98. The first kappa shape index (κ1) is 13.8. The lowest BCUT2D eigenvalue weighted by molar-refractivity contribution is -0.384. The van der Waals surface area contributed by atoms with Gasteiger partial charge in [0.25, 0.3) is 5.69 Å². The van der Waals surface area contributed by atoms with Gasteiger partial charge in [-0.2, -0.15) is 5.10 Å². The van der Waals surface area contributed by atoms with E-state index in [4.69, 9.17) is 0 Å². The molecular weight excluding hydrogens is 278 g/mol. The summed E-state index contributed by atoms with van der Waals surface area (Å²) in [6.07, 6.45) is 5.66. The predicted octanol–water partition coefficient (Wildman–Crippen LogP) is 3.95. The van der Waals surface area contributed by atoms with E-state index >= 15 is 0 Å². The molecule has 0 fully saturated rings. The van der Waals surface area contributed by atoms with Crippen LogP contribution in [0.15, 0.2) is 66.9 Å². The van der Waals surface area contributed by atoms with Gasteiger partial charge in [0, 0.05) is 12.1 Å². The average Bonchev–Trinajstić information content (AvgIpc) is 3.02. The Labute approximate surface area is 127 Å². The fraction of sp³-hybridized carbons (Fsp3) is 0. The van der Waals surface area contributed by atoms with Crippen LogP contribution in [0, 0.1) is 10.1 Å². The molecule has 0 aliphatic rings. The summed E-state index contributed by atoms with van der Waals surface area (Å²) in [5, 5.41) is 15.0. The number of aromatic nitrogens is 2. The van der Waals surface area contributed by atoms with Gasteiger partial charge >= 0.3 is 0 Å². The fourth-order valence-electron chi connectivity index (χ4n) is 2.12. The second kappa shape index (κ2) is 6.05. The van der Waals surface area contributed by atoms with Crippen molar-refractivity contribution >= 4 is 17.8 Å². The molecule has 0 unspecified atom stereocenters. The number of rotatable bonds is 4. The summed E-state index contributed by atoms with van der Waals surface area (Å²) >= 11 is 0. The highest BCUT2D eigenvalue weighted by Crippen LogP contribution is 2.17. The van der Waals surface area contributed by atoms with E-state index in [1.54, 1.807) is 23.0 Å². The van der Waals surface area contributed by atoms with E-state index in [0.29, 0.717) is 0 Å². The summed E-state index contributed by atoms with van der Waals surface area (Å²) in [5.41, 5.74) is 2.84. The summed E-state index contributed by atoms with van der Waals surface area (Å²) in [7, 11) is 0. The maximum Gasteiger partial charge on any atom is 0.269 e. The minimum absolute atomic E-state index is 0.0669. The Hall–Kier alpha value is -3.21. The van der Waals surface area contributed by atoms with Crippen molar-refractivity contribution in [1.29, 1.82) is 0 Å². The molecule has 0 aliphatic heterocycles.